The molecule has 0 aromatic heterocycles. The normalized spacial score (nSPS) is 9.53. The summed E-state index contributed by atoms with van der Waals surface area (Å²) in [4.78, 5) is 11.2. The Hall–Kier alpha value is -1.74. The molecule has 6 heteroatoms. The number of ether oxygens (including phenoxy) is 2. The summed E-state index contributed by atoms with van der Waals surface area (Å²) in [6.07, 6.45) is -0.0252. The minimum atomic E-state index is -1.16. The van der Waals surface area contributed by atoms with Gasteiger partial charge >= 0.3 is 5.97 Å². The number of carboxylic acids is 1. The Bertz CT molecular complexity index is 493. The minimum absolute atomic E-state index is 0.0252. The fourth-order valence-electron chi connectivity index (χ4n) is 1.48. The van der Waals surface area contributed by atoms with E-state index in [1.807, 2.05) is 6.07 Å². The van der Waals surface area contributed by atoms with Gasteiger partial charge in [-0.15, -0.1) is 0 Å². The van der Waals surface area contributed by atoms with Crippen LogP contribution in [0.3, 0.4) is 0 Å². The predicted molar refractivity (Wildman–Crippen MR) is 63.5 cm³/mol. The van der Waals surface area contributed by atoms with E-state index in [0.29, 0.717) is 15.8 Å². The van der Waals surface area contributed by atoms with E-state index in [9.17, 15) is 9.90 Å². The Balaban J connectivity index is 3.61. The molecule has 5 nitrogen and oxygen atoms in total. The van der Waals surface area contributed by atoms with E-state index in [1.165, 1.54) is 14.2 Å². The van der Waals surface area contributed by atoms with Gasteiger partial charge in [0.2, 0.25) is 0 Å². The molecule has 0 saturated carbocycles. The van der Waals surface area contributed by atoms with Crippen LogP contribution in [0.1, 0.15) is 15.9 Å². The van der Waals surface area contributed by atoms with Crippen LogP contribution in [-0.4, -0.2) is 25.3 Å². The molecule has 0 aliphatic rings. The lowest BCUT2D eigenvalue weighted by Gasteiger charge is -2.14. The molecule has 1 aromatic rings. The molecule has 0 saturated heterocycles. The first-order valence-corrected chi connectivity index (χ1v) is 5.39. The first kappa shape index (κ1) is 13.3. The SMILES string of the molecule is COc1cc(Br)c(CC#N)c(C(=O)O)c1OC. The molecule has 0 aliphatic heterocycles. The number of nitriles is 1. The lowest BCUT2D eigenvalue weighted by molar-refractivity contribution is 0.0691. The van der Waals surface area contributed by atoms with Gasteiger partial charge in [0.15, 0.2) is 11.5 Å². The van der Waals surface area contributed by atoms with Gasteiger partial charge in [-0.25, -0.2) is 4.79 Å². The molecule has 0 aliphatic carbocycles. The number of benzene rings is 1. The summed E-state index contributed by atoms with van der Waals surface area (Å²) in [5.74, 6) is -0.737. The first-order valence-electron chi connectivity index (χ1n) is 4.60. The first-order chi connectivity index (χ1) is 8.06. The Morgan fingerprint density at radius 1 is 1.53 bits per heavy atom. The lowest BCUT2D eigenvalue weighted by Crippen LogP contribution is -2.07. The summed E-state index contributed by atoms with van der Waals surface area (Å²) in [7, 11) is 2.77. The Labute approximate surface area is 107 Å². The number of aromatic carboxylic acids is 1. The molecule has 0 spiro atoms. The van der Waals surface area contributed by atoms with E-state index in [1.54, 1.807) is 6.07 Å². The van der Waals surface area contributed by atoms with Crippen molar-refractivity contribution in [1.82, 2.24) is 0 Å². The van der Waals surface area contributed by atoms with Crippen LogP contribution in [0.2, 0.25) is 0 Å². The van der Waals surface area contributed by atoms with Gasteiger partial charge in [0.25, 0.3) is 0 Å². The minimum Gasteiger partial charge on any atom is -0.493 e. The third kappa shape index (κ3) is 2.50. The molecule has 1 N–H and O–H groups in total. The second-order valence-electron chi connectivity index (χ2n) is 3.09. The van der Waals surface area contributed by atoms with Crippen molar-refractivity contribution in [1.29, 1.82) is 5.26 Å². The number of carbonyl (C=O) groups is 1. The summed E-state index contributed by atoms with van der Waals surface area (Å²) in [6, 6.07) is 3.50. The van der Waals surface area contributed by atoms with Crippen molar-refractivity contribution < 1.29 is 19.4 Å². The van der Waals surface area contributed by atoms with Gasteiger partial charge < -0.3 is 14.6 Å². The second kappa shape index (κ2) is 5.55. The highest BCUT2D eigenvalue weighted by atomic mass is 79.9. The van der Waals surface area contributed by atoms with Crippen molar-refractivity contribution in [2.24, 2.45) is 0 Å². The van der Waals surface area contributed by atoms with Crippen LogP contribution >= 0.6 is 15.9 Å². The molecular weight excluding hydrogens is 290 g/mol. The Kier molecular flexibility index (Phi) is 4.35. The van der Waals surface area contributed by atoms with Crippen molar-refractivity contribution >= 4 is 21.9 Å². The maximum Gasteiger partial charge on any atom is 0.339 e. The Morgan fingerprint density at radius 3 is 2.59 bits per heavy atom. The van der Waals surface area contributed by atoms with E-state index in [4.69, 9.17) is 14.7 Å². The van der Waals surface area contributed by atoms with E-state index in [-0.39, 0.29) is 17.7 Å². The summed E-state index contributed by atoms with van der Waals surface area (Å²) >= 11 is 3.22. The molecular formula is C11H10BrNO4. The lowest BCUT2D eigenvalue weighted by atomic mass is 10.0. The van der Waals surface area contributed by atoms with Gasteiger partial charge in [-0.05, 0) is 11.6 Å². The van der Waals surface area contributed by atoms with Crippen molar-refractivity contribution in [3.8, 4) is 17.6 Å². The summed E-state index contributed by atoms with van der Waals surface area (Å²) in [5.41, 5.74) is 0.318. The molecule has 0 radical (unpaired) electrons. The van der Waals surface area contributed by atoms with Crippen LogP contribution in [0, 0.1) is 11.3 Å². The van der Waals surface area contributed by atoms with Crippen LogP contribution in [0.15, 0.2) is 10.5 Å². The van der Waals surface area contributed by atoms with Gasteiger partial charge in [-0.2, -0.15) is 5.26 Å². The van der Waals surface area contributed by atoms with Crippen LogP contribution in [0.4, 0.5) is 0 Å². The van der Waals surface area contributed by atoms with Crippen LogP contribution in [0.5, 0.6) is 11.5 Å². The summed E-state index contributed by atoms with van der Waals surface area (Å²) in [5, 5.41) is 17.9. The number of hydrogen-bond donors (Lipinski definition) is 1. The number of halogens is 1. The molecule has 1 rings (SSSR count). The average Bonchev–Trinajstić information content (AvgIpc) is 2.30. The van der Waals surface area contributed by atoms with Crippen molar-refractivity contribution in [3.63, 3.8) is 0 Å². The standard InChI is InChI=1S/C11H10BrNO4/c1-16-8-5-7(12)6(3-4-13)9(11(14)15)10(8)17-2/h5H,3H2,1-2H3,(H,14,15). The average molecular weight is 300 g/mol. The zero-order valence-electron chi connectivity index (χ0n) is 9.28. The Morgan fingerprint density at radius 2 is 2.18 bits per heavy atom. The second-order valence-corrected chi connectivity index (χ2v) is 3.94. The third-order valence-electron chi connectivity index (χ3n) is 2.19. The fourth-order valence-corrected chi connectivity index (χ4v) is 2.03. The van der Waals surface area contributed by atoms with Gasteiger partial charge in [-0.3, -0.25) is 0 Å². The zero-order valence-corrected chi connectivity index (χ0v) is 10.9. The molecule has 17 heavy (non-hydrogen) atoms. The number of hydrogen-bond acceptors (Lipinski definition) is 4. The van der Waals surface area contributed by atoms with Crippen LogP contribution in [0.25, 0.3) is 0 Å². The molecule has 0 amide bonds. The molecule has 0 fully saturated rings. The van der Waals surface area contributed by atoms with Crippen molar-refractivity contribution in [2.75, 3.05) is 14.2 Å². The number of nitrogens with zero attached hydrogens (tertiary/aromatic N) is 1. The van der Waals surface area contributed by atoms with Gasteiger partial charge in [0.05, 0.1) is 26.7 Å². The highest BCUT2D eigenvalue weighted by Gasteiger charge is 2.23. The quantitative estimate of drug-likeness (QED) is 0.922. The number of carboxylic acid groups (broad SMARTS) is 1. The van der Waals surface area contributed by atoms with E-state index in [0.717, 1.165) is 0 Å². The third-order valence-corrected chi connectivity index (χ3v) is 2.90. The van der Waals surface area contributed by atoms with Crippen molar-refractivity contribution in [2.45, 2.75) is 6.42 Å². The zero-order chi connectivity index (χ0) is 13.0. The fraction of sp³-hybridized carbons (Fsp3) is 0.273. The number of rotatable bonds is 4. The van der Waals surface area contributed by atoms with Crippen LogP contribution < -0.4 is 9.47 Å². The van der Waals surface area contributed by atoms with E-state index < -0.39 is 5.97 Å². The molecule has 0 heterocycles. The highest BCUT2D eigenvalue weighted by Crippen LogP contribution is 2.38. The smallest absolute Gasteiger partial charge is 0.339 e. The van der Waals surface area contributed by atoms with Gasteiger partial charge in [-0.1, -0.05) is 15.9 Å². The largest absolute Gasteiger partial charge is 0.493 e. The molecule has 1 aromatic carbocycles. The van der Waals surface area contributed by atoms with E-state index in [2.05, 4.69) is 15.9 Å². The topological polar surface area (TPSA) is 79.5 Å². The molecule has 0 bridgehead atoms. The molecule has 90 valence electrons. The van der Waals surface area contributed by atoms with Crippen LogP contribution in [-0.2, 0) is 6.42 Å². The van der Waals surface area contributed by atoms with E-state index >= 15 is 0 Å². The molecule has 0 atom stereocenters. The maximum atomic E-state index is 11.2. The summed E-state index contributed by atoms with van der Waals surface area (Å²) in [6.45, 7) is 0. The summed E-state index contributed by atoms with van der Waals surface area (Å²) < 4.78 is 10.6. The highest BCUT2D eigenvalue weighted by molar-refractivity contribution is 9.10. The monoisotopic (exact) mass is 299 g/mol. The van der Waals surface area contributed by atoms with Gasteiger partial charge in [0, 0.05) is 4.47 Å². The van der Waals surface area contributed by atoms with Crippen molar-refractivity contribution in [3.05, 3.63) is 21.7 Å². The molecule has 0 unspecified atom stereocenters. The predicted octanol–water partition coefficient (Wildman–Crippen LogP) is 2.23. The van der Waals surface area contributed by atoms with Gasteiger partial charge in [0.1, 0.15) is 5.56 Å². The number of methoxy groups -OCH3 is 2. The maximum absolute atomic E-state index is 11.2.